The van der Waals surface area contributed by atoms with Crippen LogP contribution in [0.5, 0.6) is 0 Å². The second kappa shape index (κ2) is 5.86. The van der Waals surface area contributed by atoms with E-state index in [0.717, 1.165) is 25.0 Å². The number of hydrogen-bond acceptors (Lipinski definition) is 2. The van der Waals surface area contributed by atoms with E-state index >= 15 is 0 Å². The third kappa shape index (κ3) is 3.44. The lowest BCUT2D eigenvalue weighted by Crippen LogP contribution is -2.43. The van der Waals surface area contributed by atoms with Gasteiger partial charge in [0.05, 0.1) is 5.56 Å². The molecule has 0 heterocycles. The standard InChI is InChI=1S/C15H16FNO3/c1-9-6-11(7-9)17-15(20)12-4-2-10(8-13(12)16)3-5-14(18)19/h2-5,8-9,11H,6-7H2,1H3,(H,17,20)(H,18,19)/b5-3+. The quantitative estimate of drug-likeness (QED) is 0.831. The van der Waals surface area contributed by atoms with Gasteiger partial charge in [-0.1, -0.05) is 13.0 Å². The molecule has 1 aliphatic carbocycles. The molecule has 0 aromatic heterocycles. The molecule has 0 atom stereocenters. The van der Waals surface area contributed by atoms with Crippen LogP contribution < -0.4 is 5.32 Å². The molecule has 1 aromatic carbocycles. The van der Waals surface area contributed by atoms with Crippen molar-refractivity contribution in [1.29, 1.82) is 0 Å². The largest absolute Gasteiger partial charge is 0.478 e. The van der Waals surface area contributed by atoms with Gasteiger partial charge in [-0.15, -0.1) is 0 Å². The second-order valence-electron chi connectivity index (χ2n) is 5.16. The third-order valence-corrected chi connectivity index (χ3v) is 3.37. The number of carboxylic acid groups (broad SMARTS) is 1. The summed E-state index contributed by atoms with van der Waals surface area (Å²) in [6.45, 7) is 2.10. The van der Waals surface area contributed by atoms with Gasteiger partial charge in [0.1, 0.15) is 5.82 Å². The lowest BCUT2D eigenvalue weighted by atomic mass is 9.82. The minimum absolute atomic E-state index is 0.0166. The van der Waals surface area contributed by atoms with E-state index in [0.29, 0.717) is 11.5 Å². The Morgan fingerprint density at radius 2 is 2.10 bits per heavy atom. The summed E-state index contributed by atoms with van der Waals surface area (Å²) in [5.74, 6) is -1.57. The van der Waals surface area contributed by atoms with Crippen LogP contribution in [0.25, 0.3) is 6.08 Å². The lowest BCUT2D eigenvalue weighted by molar-refractivity contribution is -0.131. The fourth-order valence-electron chi connectivity index (χ4n) is 2.27. The van der Waals surface area contributed by atoms with Crippen molar-refractivity contribution < 1.29 is 19.1 Å². The number of amides is 1. The molecule has 1 fully saturated rings. The fourth-order valence-corrected chi connectivity index (χ4v) is 2.27. The number of carbonyl (C=O) groups is 2. The van der Waals surface area contributed by atoms with Crippen molar-refractivity contribution >= 4 is 18.0 Å². The van der Waals surface area contributed by atoms with Crippen LogP contribution in [0, 0.1) is 11.7 Å². The molecule has 4 nitrogen and oxygen atoms in total. The summed E-state index contributed by atoms with van der Waals surface area (Å²) >= 11 is 0. The first kappa shape index (κ1) is 14.2. The molecule has 1 saturated carbocycles. The van der Waals surface area contributed by atoms with Crippen molar-refractivity contribution in [3.63, 3.8) is 0 Å². The van der Waals surface area contributed by atoms with E-state index in [9.17, 15) is 14.0 Å². The normalized spacial score (nSPS) is 21.5. The Labute approximate surface area is 116 Å². The van der Waals surface area contributed by atoms with Gasteiger partial charge < -0.3 is 10.4 Å². The highest BCUT2D eigenvalue weighted by atomic mass is 19.1. The molecule has 0 radical (unpaired) electrons. The van der Waals surface area contributed by atoms with Crippen LogP contribution >= 0.6 is 0 Å². The smallest absolute Gasteiger partial charge is 0.328 e. The van der Waals surface area contributed by atoms with Crippen molar-refractivity contribution in [1.82, 2.24) is 5.32 Å². The highest BCUT2D eigenvalue weighted by molar-refractivity contribution is 5.95. The van der Waals surface area contributed by atoms with E-state index in [4.69, 9.17) is 5.11 Å². The van der Waals surface area contributed by atoms with Crippen molar-refractivity contribution in [2.75, 3.05) is 0 Å². The minimum Gasteiger partial charge on any atom is -0.478 e. The van der Waals surface area contributed by atoms with Gasteiger partial charge in [-0.2, -0.15) is 0 Å². The number of rotatable bonds is 4. The number of aliphatic carboxylic acids is 1. The van der Waals surface area contributed by atoms with Crippen LogP contribution in [0.4, 0.5) is 4.39 Å². The molecule has 2 N–H and O–H groups in total. The summed E-state index contributed by atoms with van der Waals surface area (Å²) in [5, 5.41) is 11.3. The first-order valence-corrected chi connectivity index (χ1v) is 6.47. The van der Waals surface area contributed by atoms with Gasteiger partial charge in [-0.3, -0.25) is 4.79 Å². The molecule has 1 aromatic rings. The van der Waals surface area contributed by atoms with Gasteiger partial charge >= 0.3 is 5.97 Å². The van der Waals surface area contributed by atoms with Gasteiger partial charge in [0, 0.05) is 12.1 Å². The monoisotopic (exact) mass is 277 g/mol. The molecule has 2 rings (SSSR count). The molecule has 1 amide bonds. The maximum atomic E-state index is 13.8. The van der Waals surface area contributed by atoms with E-state index in [1.54, 1.807) is 0 Å². The van der Waals surface area contributed by atoms with Crippen LogP contribution in [0.3, 0.4) is 0 Å². The average Bonchev–Trinajstić information content (AvgIpc) is 2.34. The zero-order valence-electron chi connectivity index (χ0n) is 11.1. The van der Waals surface area contributed by atoms with Crippen LogP contribution in [0.1, 0.15) is 35.7 Å². The number of hydrogen-bond donors (Lipinski definition) is 2. The van der Waals surface area contributed by atoms with Gasteiger partial charge in [-0.25, -0.2) is 9.18 Å². The van der Waals surface area contributed by atoms with Gasteiger partial charge in [0.25, 0.3) is 5.91 Å². The molecule has 0 spiro atoms. The predicted molar refractivity (Wildman–Crippen MR) is 72.7 cm³/mol. The SMILES string of the molecule is CC1CC(NC(=O)c2ccc(/C=C/C(=O)O)cc2F)C1. The molecule has 1 aliphatic rings. The molecular weight excluding hydrogens is 261 g/mol. The lowest BCUT2D eigenvalue weighted by Gasteiger charge is -2.33. The maximum absolute atomic E-state index is 13.8. The van der Waals surface area contributed by atoms with E-state index in [-0.39, 0.29) is 11.6 Å². The average molecular weight is 277 g/mol. The highest BCUT2D eigenvalue weighted by Gasteiger charge is 2.27. The van der Waals surface area contributed by atoms with Crippen LogP contribution in [0.2, 0.25) is 0 Å². The number of carboxylic acids is 1. The molecule has 0 aliphatic heterocycles. The summed E-state index contributed by atoms with van der Waals surface area (Å²) in [6.07, 6.45) is 4.05. The second-order valence-corrected chi connectivity index (χ2v) is 5.16. The predicted octanol–water partition coefficient (Wildman–Crippen LogP) is 2.45. The molecular formula is C15H16FNO3. The zero-order chi connectivity index (χ0) is 14.7. The number of halogens is 1. The van der Waals surface area contributed by atoms with Crippen molar-refractivity contribution in [2.24, 2.45) is 5.92 Å². The minimum atomic E-state index is -1.11. The van der Waals surface area contributed by atoms with Gasteiger partial charge in [0.15, 0.2) is 0 Å². The number of carbonyl (C=O) groups excluding carboxylic acids is 1. The summed E-state index contributed by atoms with van der Waals surface area (Å²) in [7, 11) is 0. The summed E-state index contributed by atoms with van der Waals surface area (Å²) in [5.41, 5.74) is 0.385. The highest BCUT2D eigenvalue weighted by Crippen LogP contribution is 2.26. The Morgan fingerprint density at radius 1 is 1.40 bits per heavy atom. The topological polar surface area (TPSA) is 66.4 Å². The van der Waals surface area contributed by atoms with E-state index < -0.39 is 17.7 Å². The van der Waals surface area contributed by atoms with Crippen LogP contribution in [-0.2, 0) is 4.79 Å². The van der Waals surface area contributed by atoms with Crippen LogP contribution in [-0.4, -0.2) is 23.0 Å². The zero-order valence-corrected chi connectivity index (χ0v) is 11.1. The summed E-state index contributed by atoms with van der Waals surface area (Å²) in [6, 6.07) is 4.16. The Balaban J connectivity index is 2.05. The van der Waals surface area contributed by atoms with Crippen molar-refractivity contribution in [2.45, 2.75) is 25.8 Å². The Morgan fingerprint density at radius 3 is 2.65 bits per heavy atom. The van der Waals surface area contributed by atoms with E-state index in [1.165, 1.54) is 18.2 Å². The first-order chi connectivity index (χ1) is 9.45. The van der Waals surface area contributed by atoms with E-state index in [2.05, 4.69) is 12.2 Å². The molecule has 0 unspecified atom stereocenters. The Kier molecular flexibility index (Phi) is 4.17. The summed E-state index contributed by atoms with van der Waals surface area (Å²) in [4.78, 5) is 22.3. The number of benzene rings is 1. The van der Waals surface area contributed by atoms with Crippen LogP contribution in [0.15, 0.2) is 24.3 Å². The van der Waals surface area contributed by atoms with Crippen molar-refractivity contribution in [3.8, 4) is 0 Å². The maximum Gasteiger partial charge on any atom is 0.328 e. The van der Waals surface area contributed by atoms with Crippen molar-refractivity contribution in [3.05, 3.63) is 41.2 Å². The van der Waals surface area contributed by atoms with Gasteiger partial charge in [-0.05, 0) is 42.5 Å². The number of nitrogens with one attached hydrogen (secondary N) is 1. The Bertz CT molecular complexity index is 562. The molecule has 106 valence electrons. The Hall–Kier alpha value is -2.17. The molecule has 0 saturated heterocycles. The molecule has 0 bridgehead atoms. The molecule has 5 heteroatoms. The first-order valence-electron chi connectivity index (χ1n) is 6.47. The van der Waals surface area contributed by atoms with E-state index in [1.807, 2.05) is 0 Å². The fraction of sp³-hybridized carbons (Fsp3) is 0.333. The summed E-state index contributed by atoms with van der Waals surface area (Å²) < 4.78 is 13.8. The van der Waals surface area contributed by atoms with Gasteiger partial charge in [0.2, 0.25) is 0 Å². The molecule has 20 heavy (non-hydrogen) atoms. The third-order valence-electron chi connectivity index (χ3n) is 3.37.